The zero-order valence-corrected chi connectivity index (χ0v) is 7.69. The van der Waals surface area contributed by atoms with Crippen molar-refractivity contribution in [3.8, 4) is 5.75 Å². The minimum atomic E-state index is 0.366. The SMILES string of the molecule is c1ccc2cc3c(cc2c1)COCO3. The fourth-order valence-electron chi connectivity index (χ4n) is 1.77. The van der Waals surface area contributed by atoms with Gasteiger partial charge in [0.15, 0.2) is 6.79 Å². The van der Waals surface area contributed by atoms with Crippen LogP contribution in [0.25, 0.3) is 10.8 Å². The van der Waals surface area contributed by atoms with Crippen LogP contribution in [0.2, 0.25) is 0 Å². The zero-order valence-electron chi connectivity index (χ0n) is 7.69. The van der Waals surface area contributed by atoms with Crippen LogP contribution in [0.4, 0.5) is 0 Å². The van der Waals surface area contributed by atoms with E-state index >= 15 is 0 Å². The third-order valence-corrected chi connectivity index (χ3v) is 2.48. The van der Waals surface area contributed by atoms with E-state index in [4.69, 9.17) is 9.47 Å². The van der Waals surface area contributed by atoms with Gasteiger partial charge >= 0.3 is 0 Å². The highest BCUT2D eigenvalue weighted by atomic mass is 16.7. The fourth-order valence-corrected chi connectivity index (χ4v) is 1.77. The summed E-state index contributed by atoms with van der Waals surface area (Å²) in [6.07, 6.45) is 0. The van der Waals surface area contributed by atoms with Gasteiger partial charge in [0.25, 0.3) is 0 Å². The van der Waals surface area contributed by atoms with E-state index in [2.05, 4.69) is 24.3 Å². The summed E-state index contributed by atoms with van der Waals surface area (Å²) in [5.74, 6) is 0.954. The third kappa shape index (κ3) is 1.16. The maximum Gasteiger partial charge on any atom is 0.189 e. The molecule has 0 N–H and O–H groups in total. The largest absolute Gasteiger partial charge is 0.467 e. The summed E-state index contributed by atoms with van der Waals surface area (Å²) in [6.45, 7) is 1.02. The van der Waals surface area contributed by atoms with Gasteiger partial charge in [-0.05, 0) is 22.9 Å². The smallest absolute Gasteiger partial charge is 0.189 e. The van der Waals surface area contributed by atoms with Crippen LogP contribution in [0.15, 0.2) is 36.4 Å². The molecular formula is C12H10O2. The lowest BCUT2D eigenvalue weighted by atomic mass is 10.1. The molecule has 0 radical (unpaired) electrons. The molecule has 1 aliphatic rings. The van der Waals surface area contributed by atoms with Crippen molar-refractivity contribution in [2.45, 2.75) is 6.61 Å². The summed E-state index contributed by atoms with van der Waals surface area (Å²) < 4.78 is 10.6. The third-order valence-electron chi connectivity index (χ3n) is 2.48. The molecule has 2 heteroatoms. The fraction of sp³-hybridized carbons (Fsp3) is 0.167. The van der Waals surface area contributed by atoms with Gasteiger partial charge in [0.2, 0.25) is 0 Å². The Bertz CT molecular complexity index is 432. The Labute approximate surface area is 82.1 Å². The molecule has 0 unspecified atom stereocenters. The first-order valence-electron chi connectivity index (χ1n) is 4.66. The molecular weight excluding hydrogens is 176 g/mol. The number of ether oxygens (including phenoxy) is 2. The van der Waals surface area contributed by atoms with Crippen LogP contribution in [0, 0.1) is 0 Å². The van der Waals surface area contributed by atoms with Gasteiger partial charge < -0.3 is 9.47 Å². The Morgan fingerprint density at radius 2 is 1.79 bits per heavy atom. The highest BCUT2D eigenvalue weighted by molar-refractivity contribution is 5.85. The highest BCUT2D eigenvalue weighted by Gasteiger charge is 2.10. The summed E-state index contributed by atoms with van der Waals surface area (Å²) in [4.78, 5) is 0. The van der Waals surface area contributed by atoms with E-state index in [1.807, 2.05) is 12.1 Å². The molecule has 0 bridgehead atoms. The second kappa shape index (κ2) is 3.00. The predicted molar refractivity (Wildman–Crippen MR) is 54.2 cm³/mol. The Kier molecular flexibility index (Phi) is 1.67. The molecule has 3 rings (SSSR count). The van der Waals surface area contributed by atoms with Crippen molar-refractivity contribution in [3.05, 3.63) is 42.0 Å². The lowest BCUT2D eigenvalue weighted by molar-refractivity contribution is -0.0161. The van der Waals surface area contributed by atoms with Gasteiger partial charge in [0, 0.05) is 5.56 Å². The molecule has 0 atom stereocenters. The van der Waals surface area contributed by atoms with Gasteiger partial charge in [0.1, 0.15) is 5.75 Å². The maximum atomic E-state index is 5.41. The van der Waals surface area contributed by atoms with Crippen molar-refractivity contribution >= 4 is 10.8 Å². The normalized spacial score (nSPS) is 14.9. The van der Waals surface area contributed by atoms with Gasteiger partial charge in [-0.25, -0.2) is 0 Å². The van der Waals surface area contributed by atoms with Crippen LogP contribution in [0.1, 0.15) is 5.56 Å². The first kappa shape index (κ1) is 7.83. The molecule has 0 aliphatic carbocycles. The predicted octanol–water partition coefficient (Wildman–Crippen LogP) is 2.71. The van der Waals surface area contributed by atoms with Crippen molar-refractivity contribution in [1.29, 1.82) is 0 Å². The van der Waals surface area contributed by atoms with E-state index in [-0.39, 0.29) is 0 Å². The first-order valence-corrected chi connectivity index (χ1v) is 4.66. The van der Waals surface area contributed by atoms with Gasteiger partial charge in [-0.2, -0.15) is 0 Å². The van der Waals surface area contributed by atoms with E-state index in [1.165, 1.54) is 10.8 Å². The Morgan fingerprint density at radius 3 is 2.64 bits per heavy atom. The van der Waals surface area contributed by atoms with Crippen LogP contribution in [-0.2, 0) is 11.3 Å². The van der Waals surface area contributed by atoms with Crippen LogP contribution in [-0.4, -0.2) is 6.79 Å². The lowest BCUT2D eigenvalue weighted by Crippen LogP contribution is -2.10. The monoisotopic (exact) mass is 186 g/mol. The summed E-state index contributed by atoms with van der Waals surface area (Å²) in [6, 6.07) is 12.5. The van der Waals surface area contributed by atoms with Crippen LogP contribution in [0.5, 0.6) is 5.75 Å². The van der Waals surface area contributed by atoms with Crippen molar-refractivity contribution in [2.24, 2.45) is 0 Å². The van der Waals surface area contributed by atoms with Crippen LogP contribution < -0.4 is 4.74 Å². The number of hydrogen-bond donors (Lipinski definition) is 0. The molecule has 0 fully saturated rings. The van der Waals surface area contributed by atoms with Gasteiger partial charge in [-0.1, -0.05) is 24.3 Å². The average Bonchev–Trinajstić information content (AvgIpc) is 2.26. The topological polar surface area (TPSA) is 18.5 Å². The van der Waals surface area contributed by atoms with Gasteiger partial charge in [-0.3, -0.25) is 0 Å². The highest BCUT2D eigenvalue weighted by Crippen LogP contribution is 2.28. The van der Waals surface area contributed by atoms with E-state index in [0.29, 0.717) is 13.4 Å². The molecule has 0 amide bonds. The average molecular weight is 186 g/mol. The van der Waals surface area contributed by atoms with E-state index < -0.39 is 0 Å². The molecule has 0 saturated heterocycles. The number of hydrogen-bond acceptors (Lipinski definition) is 2. The van der Waals surface area contributed by atoms with Gasteiger partial charge in [0.05, 0.1) is 6.61 Å². The second-order valence-corrected chi connectivity index (χ2v) is 3.42. The molecule has 2 aromatic rings. The van der Waals surface area contributed by atoms with E-state index in [1.54, 1.807) is 0 Å². The van der Waals surface area contributed by atoms with Crippen LogP contribution >= 0.6 is 0 Å². The van der Waals surface area contributed by atoms with E-state index in [9.17, 15) is 0 Å². The summed E-state index contributed by atoms with van der Waals surface area (Å²) in [7, 11) is 0. The molecule has 0 spiro atoms. The number of rotatable bonds is 0. The quantitative estimate of drug-likeness (QED) is 0.629. The summed E-state index contributed by atoms with van der Waals surface area (Å²) >= 11 is 0. The molecule has 1 heterocycles. The maximum absolute atomic E-state index is 5.41. The Morgan fingerprint density at radius 1 is 1.00 bits per heavy atom. The molecule has 2 nitrogen and oxygen atoms in total. The molecule has 0 saturated carbocycles. The van der Waals surface area contributed by atoms with Gasteiger partial charge in [-0.15, -0.1) is 0 Å². The van der Waals surface area contributed by atoms with Crippen molar-refractivity contribution in [2.75, 3.05) is 6.79 Å². The molecule has 1 aliphatic heterocycles. The van der Waals surface area contributed by atoms with Crippen LogP contribution in [0.3, 0.4) is 0 Å². The second-order valence-electron chi connectivity index (χ2n) is 3.42. The zero-order chi connectivity index (χ0) is 9.38. The first-order chi connectivity index (χ1) is 6.93. The molecule has 70 valence electrons. The summed E-state index contributed by atoms with van der Waals surface area (Å²) in [5, 5.41) is 2.45. The standard InChI is InChI=1S/C12H10O2/c1-2-4-10-6-12-11(5-9(10)3-1)7-13-8-14-12/h1-6H,7-8H2. The van der Waals surface area contributed by atoms with E-state index in [0.717, 1.165) is 11.3 Å². The Hall–Kier alpha value is -1.54. The van der Waals surface area contributed by atoms with Crippen molar-refractivity contribution < 1.29 is 9.47 Å². The molecule has 2 aromatic carbocycles. The van der Waals surface area contributed by atoms with Crippen molar-refractivity contribution in [1.82, 2.24) is 0 Å². The number of benzene rings is 2. The molecule has 14 heavy (non-hydrogen) atoms. The minimum Gasteiger partial charge on any atom is -0.467 e. The van der Waals surface area contributed by atoms with Crippen molar-refractivity contribution in [3.63, 3.8) is 0 Å². The minimum absolute atomic E-state index is 0.366. The summed E-state index contributed by atoms with van der Waals surface area (Å²) in [5.41, 5.74) is 1.13. The molecule has 0 aromatic heterocycles. The lowest BCUT2D eigenvalue weighted by Gasteiger charge is -2.18. The number of fused-ring (bicyclic) bond motifs is 2. The Balaban J connectivity index is 2.27.